The van der Waals surface area contributed by atoms with E-state index in [1.165, 1.54) is 36.4 Å². The first-order valence-corrected chi connectivity index (χ1v) is 41.0. The number of aromatic nitrogens is 3. The van der Waals surface area contributed by atoms with Gasteiger partial charge in [0, 0.05) is 95.2 Å². The Bertz CT molecular complexity index is 4950. The molecule has 0 radical (unpaired) electrons. The van der Waals surface area contributed by atoms with Crippen molar-refractivity contribution in [3.63, 3.8) is 0 Å². The van der Waals surface area contributed by atoms with Crippen LogP contribution in [-0.2, 0) is 34.0 Å². The van der Waals surface area contributed by atoms with Gasteiger partial charge in [0.1, 0.15) is 17.5 Å². The second-order valence-corrected chi connectivity index (χ2v) is 31.2. The van der Waals surface area contributed by atoms with Crippen LogP contribution < -0.4 is 26.2 Å². The molecule has 0 aliphatic rings. The molecule has 21 nitrogen and oxygen atoms in total. The van der Waals surface area contributed by atoms with E-state index in [9.17, 15) is 82.8 Å². The van der Waals surface area contributed by atoms with Crippen LogP contribution >= 0.6 is 0 Å². The normalized spacial score (nSPS) is 12.6. The van der Waals surface area contributed by atoms with Crippen molar-refractivity contribution in [3.8, 4) is 67.2 Å². The monoisotopic (exact) mass is 1710 g/mol. The molecule has 6 atom stereocenters. The molecule has 10 N–H and O–H groups in total. The molecule has 0 bridgehead atoms. The fraction of sp³-hybridized carbons (Fsp3) is 0.273. The van der Waals surface area contributed by atoms with Crippen LogP contribution in [0.4, 0.5) is 30.2 Å². The van der Waals surface area contributed by atoms with Gasteiger partial charge < -0.3 is 85.2 Å². The summed E-state index contributed by atoms with van der Waals surface area (Å²) in [7, 11) is 0. The molecule has 3 amide bonds. The van der Waals surface area contributed by atoms with Crippen LogP contribution in [0.1, 0.15) is 165 Å². The summed E-state index contributed by atoms with van der Waals surface area (Å²) in [5.41, 5.74) is 14.2. The van der Waals surface area contributed by atoms with Crippen molar-refractivity contribution >= 4 is 90.4 Å². The molecule has 0 fully saturated rings. The quantitative estimate of drug-likeness (QED) is 0.0163. The average Bonchev–Trinajstić information content (AvgIpc) is 1.60. The average molecular weight is 1710 g/mol. The summed E-state index contributed by atoms with van der Waals surface area (Å²) in [6, 6.07) is 74.2. The molecule has 12 aromatic rings. The van der Waals surface area contributed by atoms with E-state index in [0.717, 1.165) is 33.8 Å². The summed E-state index contributed by atoms with van der Waals surface area (Å²) in [6.45, 7) is 12.7. The Labute approximate surface area is 749 Å². The van der Waals surface area contributed by atoms with Crippen molar-refractivity contribution in [1.82, 2.24) is 13.7 Å². The van der Waals surface area contributed by atoms with Gasteiger partial charge in [-0.05, 0) is 199 Å². The molecule has 0 saturated heterocycles. The molecule has 0 unspecified atom stereocenters. The third-order valence-electron chi connectivity index (χ3n) is 20.8. The van der Waals surface area contributed by atoms with E-state index in [1.807, 2.05) is 213 Å². The van der Waals surface area contributed by atoms with Crippen molar-refractivity contribution < 1.29 is 87.9 Å². The second kappa shape index (κ2) is 46.3. The minimum Gasteiger partial charge on any atom is -0.550 e. The maximum atomic E-state index is 14.0. The number of halogens is 3. The zero-order valence-corrected chi connectivity index (χ0v) is 72.2. The van der Waals surface area contributed by atoms with E-state index in [4.69, 9.17) is 5.11 Å². The number of carboxylic acids is 3. The second-order valence-electron chi connectivity index (χ2n) is 31.2. The van der Waals surface area contributed by atoms with Crippen LogP contribution in [0.3, 0.4) is 0 Å². The summed E-state index contributed by atoms with van der Waals surface area (Å²) in [5, 5.41) is 102. The van der Waals surface area contributed by atoms with Crippen LogP contribution in [0.2, 0.25) is 0 Å². The summed E-state index contributed by atoms with van der Waals surface area (Å²) < 4.78 is 48.0. The number of amides is 3. The predicted molar refractivity (Wildman–Crippen MR) is 472 cm³/mol. The van der Waals surface area contributed by atoms with Gasteiger partial charge in [-0.3, -0.25) is 19.2 Å². The number of aliphatic carboxylic acids is 3. The van der Waals surface area contributed by atoms with Crippen molar-refractivity contribution in [3.05, 3.63) is 306 Å². The number of hydrogen-bond acceptors (Lipinski definition) is 14. The molecule has 0 spiro atoms. The number of hydrogen-bond donors (Lipinski definition) is 10. The standard InChI is InChI=1S/3C33H35FN2O5.Ca/c3*1-21(2)31-30(33(41)35-25-11-7-4-8-12-25)29(22-9-5-3-6-10-22)32(23-13-15-24(34)16-14-23)36(31)18-17-26(37)19-27(38)20-28(39)40;/h3*3-16,21,26-27,37-38H,17-20H2,1-2H3,(H,35,41)(H,39,40);/q;;;+2/p-2/t3*26-,27-;/m111./s1. The molecule has 25 heteroatoms. The van der Waals surface area contributed by atoms with Gasteiger partial charge in [0.2, 0.25) is 0 Å². The predicted octanol–water partition coefficient (Wildman–Crippen LogP) is 15.9. The van der Waals surface area contributed by atoms with Gasteiger partial charge in [-0.15, -0.1) is 0 Å². The van der Waals surface area contributed by atoms with E-state index in [-0.39, 0.29) is 137 Å². The Kier molecular flexibility index (Phi) is 35.9. The summed E-state index contributed by atoms with van der Waals surface area (Å²) in [5.74, 6) is -6.34. The van der Waals surface area contributed by atoms with Crippen molar-refractivity contribution in [2.45, 2.75) is 173 Å². The molecule has 3 aromatic heterocycles. The number of rotatable bonds is 36. The number of nitrogens with zero attached hydrogens (tertiary/aromatic N) is 3. The molecule has 0 aliphatic heterocycles. The largest absolute Gasteiger partial charge is 2.00 e. The zero-order valence-electron chi connectivity index (χ0n) is 70.0. The third kappa shape index (κ3) is 26.0. The molecule has 0 saturated carbocycles. The van der Waals surface area contributed by atoms with Gasteiger partial charge in [-0.25, -0.2) is 13.2 Å². The van der Waals surface area contributed by atoms with Gasteiger partial charge in [0.05, 0.1) is 76.8 Å². The van der Waals surface area contributed by atoms with Crippen LogP contribution in [0.25, 0.3) is 67.2 Å². The van der Waals surface area contributed by atoms with Gasteiger partial charge in [-0.2, -0.15) is 0 Å². The van der Waals surface area contributed by atoms with Crippen molar-refractivity contribution in [1.29, 1.82) is 0 Å². The van der Waals surface area contributed by atoms with Crippen molar-refractivity contribution in [2.75, 3.05) is 16.0 Å². The van der Waals surface area contributed by atoms with E-state index in [0.29, 0.717) is 84.2 Å². The number of nitrogens with one attached hydrogen (secondary N) is 3. The Hall–Kier alpha value is -11.6. The molecule has 12 rings (SSSR count). The summed E-state index contributed by atoms with van der Waals surface area (Å²) in [4.78, 5) is 74.8. The maximum absolute atomic E-state index is 14.0. The van der Waals surface area contributed by atoms with Crippen LogP contribution in [-0.4, -0.2) is 159 Å². The maximum Gasteiger partial charge on any atom is 2.00 e. The van der Waals surface area contributed by atoms with E-state index >= 15 is 0 Å². The first-order valence-electron chi connectivity index (χ1n) is 41.0. The van der Waals surface area contributed by atoms with Gasteiger partial charge >= 0.3 is 43.7 Å². The van der Waals surface area contributed by atoms with Crippen LogP contribution in [0.15, 0.2) is 255 Å². The van der Waals surface area contributed by atoms with Gasteiger partial charge in [0.15, 0.2) is 0 Å². The van der Waals surface area contributed by atoms with E-state index in [1.54, 1.807) is 60.7 Å². The van der Waals surface area contributed by atoms with E-state index < -0.39 is 85.4 Å². The third-order valence-corrected chi connectivity index (χ3v) is 20.8. The number of carboxylic acid groups (broad SMARTS) is 3. The molecule has 0 aliphatic carbocycles. The molecule has 3 heterocycles. The molecule has 124 heavy (non-hydrogen) atoms. The number of benzene rings is 9. The SMILES string of the molecule is CC(C)c1c(C(=O)Nc2ccccc2)c(-c2ccccc2)c(-c2ccc(F)cc2)n1CC[C@@H](O)C[C@@H](O)CC(=O)O.CC(C)c1c(C(=O)Nc2ccccc2)c(-c2ccccc2)c(-c2ccc(F)cc2)n1CC[C@@H](O)C[C@@H](O)CC(=O)[O-].CC(C)c1c(C(=O)Nc2ccccc2)c(-c2ccccc2)c(-c2ccc(F)cc2)n1CC[C@@H](O)C[C@@H](O)CC(=O)[O-].[Ca+2]. The van der Waals surface area contributed by atoms with Gasteiger partial charge in [0.25, 0.3) is 17.7 Å². The first-order chi connectivity index (χ1) is 59.0. The Morgan fingerprint density at radius 2 is 0.532 bits per heavy atom. The minimum atomic E-state index is -1.39. The first kappa shape index (κ1) is 96.3. The number of aliphatic hydroxyl groups excluding tert-OH is 6. The van der Waals surface area contributed by atoms with Crippen LogP contribution in [0, 0.1) is 17.5 Å². The van der Waals surface area contributed by atoms with Crippen molar-refractivity contribution in [2.24, 2.45) is 0 Å². The zero-order chi connectivity index (χ0) is 88.6. The Morgan fingerprint density at radius 1 is 0.315 bits per heavy atom. The van der Waals surface area contributed by atoms with Gasteiger partial charge in [-0.1, -0.05) is 187 Å². The smallest absolute Gasteiger partial charge is 0.550 e. The fourth-order valence-corrected chi connectivity index (χ4v) is 15.6. The Balaban J connectivity index is 0.000000210. The summed E-state index contributed by atoms with van der Waals surface area (Å²) in [6.07, 6.45) is -8.05. The number of para-hydroxylation sites is 3. The Morgan fingerprint density at radius 3 is 0.742 bits per heavy atom. The topological polar surface area (TPSA) is 341 Å². The number of anilines is 3. The molecular weight excluding hydrogens is 1610 g/mol. The van der Waals surface area contributed by atoms with E-state index in [2.05, 4.69) is 16.0 Å². The molecule has 9 aromatic carbocycles. The number of aliphatic hydroxyl groups is 6. The fourth-order valence-electron chi connectivity index (χ4n) is 15.6. The van der Waals surface area contributed by atoms with Crippen LogP contribution in [0.5, 0.6) is 0 Å². The summed E-state index contributed by atoms with van der Waals surface area (Å²) >= 11 is 0. The number of carbonyl (C=O) groups is 6. The number of carbonyl (C=O) groups excluding carboxylic acids is 5. The molecular formula is C99H103CaF3N6O15. The molecule has 642 valence electrons. The minimum absolute atomic E-state index is 0.